The number of ketones is 1. The minimum absolute atomic E-state index is 0.0611. The average Bonchev–Trinajstić information content (AvgIpc) is 1.88. The lowest BCUT2D eigenvalue weighted by Gasteiger charge is -1.92. The fourth-order valence-electron chi connectivity index (χ4n) is 0.604. The fourth-order valence-corrected chi connectivity index (χ4v) is 1.10. The van der Waals surface area contributed by atoms with Crippen molar-refractivity contribution in [3.05, 3.63) is 27.6 Å². The van der Waals surface area contributed by atoms with Crippen LogP contribution in [0.25, 0.3) is 0 Å². The predicted molar refractivity (Wildman–Crippen MR) is 47.0 cm³/mol. The Bertz CT molecular complexity index is 260. The normalized spacial score (nSPS) is 9.40. The van der Waals surface area contributed by atoms with E-state index in [9.17, 15) is 4.79 Å². The first-order valence-electron chi connectivity index (χ1n) is 2.81. The van der Waals surface area contributed by atoms with Crippen molar-refractivity contribution in [3.63, 3.8) is 0 Å². The monoisotopic (exact) mass is 247 g/mol. The Morgan fingerprint density at radius 3 is 2.70 bits per heavy atom. The zero-order valence-electron chi connectivity index (χ0n) is 5.47. The first-order valence-corrected chi connectivity index (χ1v) is 3.89. The molecule has 0 fully saturated rings. The first kappa shape index (κ1) is 7.65. The smallest absolute Gasteiger partial charge is 0.161 e. The second-order valence-electron chi connectivity index (χ2n) is 1.95. The number of nitrogens with zero attached hydrogens (tertiary/aromatic N) is 1. The lowest BCUT2D eigenvalue weighted by Crippen LogP contribution is -1.92. The van der Waals surface area contributed by atoms with Gasteiger partial charge in [-0.15, -0.1) is 0 Å². The Hall–Kier alpha value is -0.450. The van der Waals surface area contributed by atoms with Crippen LogP contribution < -0.4 is 0 Å². The molecular formula is C7H6INO. The van der Waals surface area contributed by atoms with Crippen LogP contribution in [0.15, 0.2) is 18.5 Å². The van der Waals surface area contributed by atoms with E-state index in [0.717, 1.165) is 3.57 Å². The van der Waals surface area contributed by atoms with E-state index in [1.807, 2.05) is 6.07 Å². The third kappa shape index (κ3) is 1.76. The van der Waals surface area contributed by atoms with E-state index < -0.39 is 0 Å². The number of halogens is 1. The van der Waals surface area contributed by atoms with Crippen molar-refractivity contribution in [3.8, 4) is 0 Å². The molecule has 1 aromatic rings. The van der Waals surface area contributed by atoms with Crippen molar-refractivity contribution in [1.82, 2.24) is 4.98 Å². The van der Waals surface area contributed by atoms with E-state index in [-0.39, 0.29) is 5.78 Å². The third-order valence-corrected chi connectivity index (χ3v) is 1.70. The molecule has 52 valence electrons. The van der Waals surface area contributed by atoms with Gasteiger partial charge in [-0.25, -0.2) is 0 Å². The molecule has 0 aromatic carbocycles. The Morgan fingerprint density at radius 1 is 1.60 bits per heavy atom. The van der Waals surface area contributed by atoms with Gasteiger partial charge in [-0.2, -0.15) is 0 Å². The summed E-state index contributed by atoms with van der Waals surface area (Å²) in [7, 11) is 0. The molecule has 0 unspecified atom stereocenters. The molecule has 10 heavy (non-hydrogen) atoms. The molecule has 0 aliphatic heterocycles. The number of pyridine rings is 1. The zero-order valence-corrected chi connectivity index (χ0v) is 7.62. The van der Waals surface area contributed by atoms with Crippen molar-refractivity contribution in [1.29, 1.82) is 0 Å². The number of hydrogen-bond acceptors (Lipinski definition) is 2. The number of hydrogen-bond donors (Lipinski definition) is 0. The van der Waals surface area contributed by atoms with Crippen LogP contribution in [0.4, 0.5) is 0 Å². The van der Waals surface area contributed by atoms with Gasteiger partial charge in [0.2, 0.25) is 0 Å². The lowest BCUT2D eigenvalue weighted by molar-refractivity contribution is 0.101. The Morgan fingerprint density at radius 2 is 2.30 bits per heavy atom. The molecule has 0 bridgehead atoms. The van der Waals surface area contributed by atoms with Gasteiger partial charge in [0, 0.05) is 21.5 Å². The van der Waals surface area contributed by atoms with E-state index in [1.165, 1.54) is 6.92 Å². The van der Waals surface area contributed by atoms with E-state index in [0.29, 0.717) is 5.56 Å². The molecule has 2 nitrogen and oxygen atoms in total. The van der Waals surface area contributed by atoms with Crippen molar-refractivity contribution in [2.45, 2.75) is 6.92 Å². The van der Waals surface area contributed by atoms with Gasteiger partial charge in [0.15, 0.2) is 5.78 Å². The van der Waals surface area contributed by atoms with Gasteiger partial charge in [0.1, 0.15) is 0 Å². The predicted octanol–water partition coefficient (Wildman–Crippen LogP) is 1.89. The minimum atomic E-state index is 0.0611. The van der Waals surface area contributed by atoms with Gasteiger partial charge in [-0.1, -0.05) is 0 Å². The number of carbonyl (C=O) groups is 1. The number of Topliss-reactive ketones (excluding diaryl/α,β-unsaturated/α-hetero) is 1. The maximum absolute atomic E-state index is 10.8. The van der Waals surface area contributed by atoms with Crippen LogP contribution in [0.3, 0.4) is 0 Å². The lowest BCUT2D eigenvalue weighted by atomic mass is 10.2. The number of aromatic nitrogens is 1. The number of rotatable bonds is 1. The van der Waals surface area contributed by atoms with E-state index >= 15 is 0 Å². The molecule has 0 aliphatic rings. The molecule has 0 aliphatic carbocycles. The maximum Gasteiger partial charge on any atom is 0.161 e. The molecule has 0 saturated heterocycles. The maximum atomic E-state index is 10.8. The van der Waals surface area contributed by atoms with Crippen molar-refractivity contribution in [2.75, 3.05) is 0 Å². The average molecular weight is 247 g/mol. The van der Waals surface area contributed by atoms with E-state index in [2.05, 4.69) is 27.6 Å². The van der Waals surface area contributed by atoms with Crippen LogP contribution in [0.5, 0.6) is 0 Å². The molecule has 3 heteroatoms. The summed E-state index contributed by atoms with van der Waals surface area (Å²) in [6.07, 6.45) is 3.29. The van der Waals surface area contributed by atoms with Crippen LogP contribution in [0.2, 0.25) is 0 Å². The highest BCUT2D eigenvalue weighted by Crippen LogP contribution is 2.05. The van der Waals surface area contributed by atoms with Crippen LogP contribution in [0, 0.1) is 3.57 Å². The zero-order chi connectivity index (χ0) is 7.56. The number of carbonyl (C=O) groups excluding carboxylic acids is 1. The highest BCUT2D eigenvalue weighted by Gasteiger charge is 1.97. The van der Waals surface area contributed by atoms with E-state index in [4.69, 9.17) is 0 Å². The Kier molecular flexibility index (Phi) is 2.37. The standard InChI is InChI=1S/C7H6INO/c1-5(10)6-2-7(8)4-9-3-6/h2-4H,1H3. The summed E-state index contributed by atoms with van der Waals surface area (Å²) < 4.78 is 0.991. The molecule has 1 rings (SSSR count). The molecule has 0 N–H and O–H groups in total. The summed E-state index contributed by atoms with van der Waals surface area (Å²) in [5.41, 5.74) is 0.673. The second-order valence-corrected chi connectivity index (χ2v) is 3.19. The van der Waals surface area contributed by atoms with Crippen molar-refractivity contribution >= 4 is 28.4 Å². The summed E-state index contributed by atoms with van der Waals surface area (Å²) >= 11 is 2.12. The largest absolute Gasteiger partial charge is 0.294 e. The molecule has 0 radical (unpaired) electrons. The summed E-state index contributed by atoms with van der Waals surface area (Å²) in [6.45, 7) is 1.53. The molecule has 0 spiro atoms. The first-order chi connectivity index (χ1) is 4.70. The van der Waals surface area contributed by atoms with Crippen molar-refractivity contribution in [2.24, 2.45) is 0 Å². The van der Waals surface area contributed by atoms with Gasteiger partial charge in [-0.3, -0.25) is 9.78 Å². The van der Waals surface area contributed by atoms with Gasteiger partial charge in [-0.05, 0) is 35.6 Å². The Labute approximate surface area is 72.8 Å². The van der Waals surface area contributed by atoms with Crippen LogP contribution >= 0.6 is 22.6 Å². The summed E-state index contributed by atoms with van der Waals surface area (Å²) in [6, 6.07) is 1.82. The quantitative estimate of drug-likeness (QED) is 0.560. The fraction of sp³-hybridized carbons (Fsp3) is 0.143. The van der Waals surface area contributed by atoms with Gasteiger partial charge < -0.3 is 0 Å². The SMILES string of the molecule is CC(=O)c1cncc(I)c1. The molecule has 1 aromatic heterocycles. The molecule has 0 saturated carbocycles. The molecule has 0 atom stereocenters. The van der Waals surface area contributed by atoms with Crippen molar-refractivity contribution < 1.29 is 4.79 Å². The molecule has 0 amide bonds. The Balaban J connectivity index is 3.07. The van der Waals surface area contributed by atoms with Gasteiger partial charge in [0.05, 0.1) is 0 Å². The molecule has 1 heterocycles. The van der Waals surface area contributed by atoms with Crippen LogP contribution in [-0.4, -0.2) is 10.8 Å². The van der Waals surface area contributed by atoms with Crippen LogP contribution in [-0.2, 0) is 0 Å². The molecular weight excluding hydrogens is 241 g/mol. The van der Waals surface area contributed by atoms with Gasteiger partial charge >= 0.3 is 0 Å². The highest BCUT2D eigenvalue weighted by atomic mass is 127. The summed E-state index contributed by atoms with van der Waals surface area (Å²) in [4.78, 5) is 14.6. The topological polar surface area (TPSA) is 30.0 Å². The van der Waals surface area contributed by atoms with E-state index in [1.54, 1.807) is 12.4 Å². The minimum Gasteiger partial charge on any atom is -0.294 e. The summed E-state index contributed by atoms with van der Waals surface area (Å²) in [5.74, 6) is 0.0611. The second kappa shape index (κ2) is 3.09. The summed E-state index contributed by atoms with van der Waals surface area (Å²) in [5, 5.41) is 0. The van der Waals surface area contributed by atoms with Crippen LogP contribution in [0.1, 0.15) is 17.3 Å². The highest BCUT2D eigenvalue weighted by molar-refractivity contribution is 14.1. The third-order valence-electron chi connectivity index (χ3n) is 1.11. The van der Waals surface area contributed by atoms with Gasteiger partial charge in [0.25, 0.3) is 0 Å².